The van der Waals surface area contributed by atoms with E-state index in [-0.39, 0.29) is 12.2 Å². The second kappa shape index (κ2) is 6.32. The van der Waals surface area contributed by atoms with E-state index in [2.05, 4.69) is 24.8 Å². The SMILES string of the molecule is CN(C)c1nccc([C@@H]2C[C@@H]3CCN(c4ncccn4)C[C@H]3O2)n1. The minimum atomic E-state index is 0.0540. The fourth-order valence-electron chi connectivity index (χ4n) is 3.51. The predicted octanol–water partition coefficient (Wildman–Crippen LogP) is 1.69. The van der Waals surface area contributed by atoms with Gasteiger partial charge in [-0.2, -0.15) is 0 Å². The van der Waals surface area contributed by atoms with Gasteiger partial charge in [0.05, 0.1) is 11.8 Å². The molecule has 4 rings (SSSR count). The van der Waals surface area contributed by atoms with Crippen LogP contribution in [0.4, 0.5) is 11.9 Å². The molecular weight excluding hydrogens is 304 g/mol. The van der Waals surface area contributed by atoms with Crippen LogP contribution in [-0.4, -0.2) is 53.2 Å². The number of aromatic nitrogens is 4. The van der Waals surface area contributed by atoms with Gasteiger partial charge in [-0.15, -0.1) is 0 Å². The average Bonchev–Trinajstić information content (AvgIpc) is 3.06. The monoisotopic (exact) mass is 326 g/mol. The zero-order chi connectivity index (χ0) is 16.5. The van der Waals surface area contributed by atoms with E-state index >= 15 is 0 Å². The number of hydrogen-bond acceptors (Lipinski definition) is 7. The van der Waals surface area contributed by atoms with Crippen molar-refractivity contribution in [3.63, 3.8) is 0 Å². The summed E-state index contributed by atoms with van der Waals surface area (Å²) in [5, 5.41) is 0. The van der Waals surface area contributed by atoms with Crippen molar-refractivity contribution >= 4 is 11.9 Å². The van der Waals surface area contributed by atoms with Gasteiger partial charge < -0.3 is 14.5 Å². The largest absolute Gasteiger partial charge is 0.367 e. The Bertz CT molecular complexity index is 694. The molecule has 0 N–H and O–H groups in total. The van der Waals surface area contributed by atoms with Gasteiger partial charge in [0.2, 0.25) is 11.9 Å². The van der Waals surface area contributed by atoms with Crippen LogP contribution < -0.4 is 9.80 Å². The summed E-state index contributed by atoms with van der Waals surface area (Å²) >= 11 is 0. The summed E-state index contributed by atoms with van der Waals surface area (Å²) < 4.78 is 6.33. The summed E-state index contributed by atoms with van der Waals surface area (Å²) in [6, 6.07) is 3.81. The summed E-state index contributed by atoms with van der Waals surface area (Å²) in [6.07, 6.45) is 7.78. The second-order valence-corrected chi connectivity index (χ2v) is 6.62. The molecule has 3 atom stereocenters. The molecule has 2 aromatic rings. The Kier molecular flexibility index (Phi) is 4.02. The lowest BCUT2D eigenvalue weighted by Gasteiger charge is -2.33. The Morgan fingerprint density at radius 3 is 2.79 bits per heavy atom. The number of anilines is 2. The Morgan fingerprint density at radius 2 is 2.00 bits per heavy atom. The Morgan fingerprint density at radius 1 is 1.17 bits per heavy atom. The summed E-state index contributed by atoms with van der Waals surface area (Å²) in [6.45, 7) is 1.82. The molecule has 0 bridgehead atoms. The number of hydrogen-bond donors (Lipinski definition) is 0. The smallest absolute Gasteiger partial charge is 0.225 e. The molecule has 4 heterocycles. The third kappa shape index (κ3) is 2.91. The molecule has 0 aromatic carbocycles. The molecule has 7 heteroatoms. The fraction of sp³-hybridized carbons (Fsp3) is 0.529. The van der Waals surface area contributed by atoms with Crippen LogP contribution in [0.2, 0.25) is 0 Å². The maximum atomic E-state index is 6.33. The van der Waals surface area contributed by atoms with E-state index in [0.29, 0.717) is 5.92 Å². The summed E-state index contributed by atoms with van der Waals surface area (Å²) in [5.41, 5.74) is 0.977. The van der Waals surface area contributed by atoms with E-state index in [1.54, 1.807) is 12.4 Å². The molecule has 0 aliphatic carbocycles. The van der Waals surface area contributed by atoms with Crippen LogP contribution in [0, 0.1) is 5.92 Å². The summed E-state index contributed by atoms with van der Waals surface area (Å²) in [7, 11) is 3.90. The predicted molar refractivity (Wildman–Crippen MR) is 90.9 cm³/mol. The molecule has 2 aromatic heterocycles. The second-order valence-electron chi connectivity index (χ2n) is 6.62. The molecule has 0 saturated carbocycles. The molecule has 0 spiro atoms. The van der Waals surface area contributed by atoms with Gasteiger partial charge in [-0.3, -0.25) is 0 Å². The lowest BCUT2D eigenvalue weighted by molar-refractivity contribution is 0.0296. The molecule has 7 nitrogen and oxygen atoms in total. The normalized spacial score (nSPS) is 26.2. The van der Waals surface area contributed by atoms with Gasteiger partial charge in [0.15, 0.2) is 0 Å². The zero-order valence-corrected chi connectivity index (χ0v) is 14.0. The van der Waals surface area contributed by atoms with Gasteiger partial charge in [0.25, 0.3) is 0 Å². The quantitative estimate of drug-likeness (QED) is 0.850. The van der Waals surface area contributed by atoms with E-state index < -0.39 is 0 Å². The Balaban J connectivity index is 1.47. The van der Waals surface area contributed by atoms with Crippen molar-refractivity contribution < 1.29 is 4.74 Å². The zero-order valence-electron chi connectivity index (χ0n) is 14.0. The van der Waals surface area contributed by atoms with Gasteiger partial charge in [-0.1, -0.05) is 0 Å². The fourth-order valence-corrected chi connectivity index (χ4v) is 3.51. The van der Waals surface area contributed by atoms with E-state index in [0.717, 1.165) is 43.5 Å². The van der Waals surface area contributed by atoms with Crippen molar-refractivity contribution in [1.29, 1.82) is 0 Å². The minimum Gasteiger partial charge on any atom is -0.367 e. The Labute approximate surface area is 141 Å². The third-order valence-electron chi connectivity index (χ3n) is 4.78. The average molecular weight is 326 g/mol. The molecule has 126 valence electrons. The molecule has 2 aliphatic heterocycles. The van der Waals surface area contributed by atoms with E-state index in [4.69, 9.17) is 4.74 Å². The van der Waals surface area contributed by atoms with Crippen LogP contribution in [0.5, 0.6) is 0 Å². The van der Waals surface area contributed by atoms with Crippen LogP contribution in [-0.2, 0) is 4.74 Å². The van der Waals surface area contributed by atoms with E-state index in [1.165, 1.54) is 0 Å². The van der Waals surface area contributed by atoms with Gasteiger partial charge in [0.1, 0.15) is 6.10 Å². The molecule has 0 unspecified atom stereocenters. The third-order valence-corrected chi connectivity index (χ3v) is 4.78. The van der Waals surface area contributed by atoms with Crippen LogP contribution in [0.25, 0.3) is 0 Å². The number of rotatable bonds is 3. The van der Waals surface area contributed by atoms with Crippen LogP contribution in [0.1, 0.15) is 24.6 Å². The van der Waals surface area contributed by atoms with Gasteiger partial charge in [-0.05, 0) is 30.9 Å². The molecule has 2 saturated heterocycles. The molecule has 24 heavy (non-hydrogen) atoms. The van der Waals surface area contributed by atoms with Crippen LogP contribution in [0.15, 0.2) is 30.7 Å². The van der Waals surface area contributed by atoms with Crippen molar-refractivity contribution in [3.8, 4) is 0 Å². The summed E-state index contributed by atoms with van der Waals surface area (Å²) in [4.78, 5) is 21.8. The maximum absolute atomic E-state index is 6.33. The topological polar surface area (TPSA) is 67.3 Å². The highest BCUT2D eigenvalue weighted by atomic mass is 16.5. The maximum Gasteiger partial charge on any atom is 0.225 e. The van der Waals surface area contributed by atoms with Crippen molar-refractivity contribution in [2.24, 2.45) is 5.92 Å². The van der Waals surface area contributed by atoms with E-state index in [1.807, 2.05) is 37.3 Å². The van der Waals surface area contributed by atoms with Gasteiger partial charge in [0, 0.05) is 45.8 Å². The van der Waals surface area contributed by atoms with Crippen LogP contribution in [0.3, 0.4) is 0 Å². The molecule has 2 fully saturated rings. The highest BCUT2D eigenvalue weighted by Gasteiger charge is 2.40. The Hall–Kier alpha value is -2.28. The number of nitrogens with zero attached hydrogens (tertiary/aromatic N) is 6. The lowest BCUT2D eigenvalue weighted by Crippen LogP contribution is -2.43. The van der Waals surface area contributed by atoms with Gasteiger partial charge in [-0.25, -0.2) is 19.9 Å². The van der Waals surface area contributed by atoms with Crippen molar-refractivity contribution in [2.45, 2.75) is 25.0 Å². The molecule has 0 amide bonds. The number of piperidine rings is 1. The summed E-state index contributed by atoms with van der Waals surface area (Å²) in [5.74, 6) is 2.10. The van der Waals surface area contributed by atoms with Crippen molar-refractivity contribution in [1.82, 2.24) is 19.9 Å². The molecule has 2 aliphatic rings. The standard InChI is InChI=1S/C17H22N6O/c1-22(2)17-20-8-4-13(21-17)14-10-12-5-9-23(11-15(12)24-14)16-18-6-3-7-19-16/h3-4,6-8,12,14-15H,5,9-11H2,1-2H3/t12-,14-,15+/m0/s1. The lowest BCUT2D eigenvalue weighted by atomic mass is 9.91. The van der Waals surface area contributed by atoms with Gasteiger partial charge >= 0.3 is 0 Å². The first-order valence-electron chi connectivity index (χ1n) is 8.38. The van der Waals surface area contributed by atoms with Crippen LogP contribution >= 0.6 is 0 Å². The van der Waals surface area contributed by atoms with Crippen molar-refractivity contribution in [2.75, 3.05) is 37.0 Å². The first-order valence-corrected chi connectivity index (χ1v) is 8.38. The highest BCUT2D eigenvalue weighted by molar-refractivity contribution is 5.31. The molecule has 0 radical (unpaired) electrons. The first-order chi connectivity index (χ1) is 11.7. The number of ether oxygens (including phenoxy) is 1. The van der Waals surface area contributed by atoms with Crippen molar-refractivity contribution in [3.05, 3.63) is 36.4 Å². The minimum absolute atomic E-state index is 0.0540. The number of fused-ring (bicyclic) bond motifs is 1. The van der Waals surface area contributed by atoms with E-state index in [9.17, 15) is 0 Å². The first kappa shape index (κ1) is 15.3. The highest BCUT2D eigenvalue weighted by Crippen LogP contribution is 2.40. The molecular formula is C17H22N6O.